The number of nitrogens with zero attached hydrogens (tertiary/aromatic N) is 4. The number of aliphatic imine (C=N–C) groups is 1. The van der Waals surface area contributed by atoms with Crippen molar-refractivity contribution in [1.29, 1.82) is 0 Å². The van der Waals surface area contributed by atoms with Crippen LogP contribution in [0, 0.1) is 0 Å². The fourth-order valence-corrected chi connectivity index (χ4v) is 3.54. The quantitative estimate of drug-likeness (QED) is 0.520. The highest BCUT2D eigenvalue weighted by atomic mass is 35.5. The predicted octanol–water partition coefficient (Wildman–Crippen LogP) is 2.97. The van der Waals surface area contributed by atoms with Crippen LogP contribution in [0.1, 0.15) is 32.6 Å². The SMILES string of the molecule is CCNC(=NCC1CCCN1CC)NCCc1nc(-c2ccc(Cl)cc2)no1. The van der Waals surface area contributed by atoms with Gasteiger partial charge in [0.25, 0.3) is 0 Å². The molecule has 2 heterocycles. The summed E-state index contributed by atoms with van der Waals surface area (Å²) in [7, 11) is 0. The maximum absolute atomic E-state index is 5.92. The first-order chi connectivity index (χ1) is 13.7. The summed E-state index contributed by atoms with van der Waals surface area (Å²) in [5.74, 6) is 2.01. The summed E-state index contributed by atoms with van der Waals surface area (Å²) in [6.45, 7) is 8.90. The maximum atomic E-state index is 5.92. The molecule has 0 amide bonds. The Kier molecular flexibility index (Phi) is 7.68. The van der Waals surface area contributed by atoms with E-state index in [0.717, 1.165) is 31.2 Å². The van der Waals surface area contributed by atoms with Gasteiger partial charge in [0.05, 0.1) is 6.54 Å². The van der Waals surface area contributed by atoms with Crippen molar-refractivity contribution in [3.63, 3.8) is 0 Å². The first-order valence-corrected chi connectivity index (χ1v) is 10.4. The highest BCUT2D eigenvalue weighted by Crippen LogP contribution is 2.19. The first-order valence-electron chi connectivity index (χ1n) is 10.0. The van der Waals surface area contributed by atoms with Gasteiger partial charge in [0.1, 0.15) is 0 Å². The number of likely N-dealkylation sites (tertiary alicyclic amines) is 1. The van der Waals surface area contributed by atoms with Gasteiger partial charge in [-0.3, -0.25) is 9.89 Å². The summed E-state index contributed by atoms with van der Waals surface area (Å²) in [4.78, 5) is 11.7. The number of rotatable bonds is 8. The van der Waals surface area contributed by atoms with E-state index in [1.165, 1.54) is 19.4 Å². The van der Waals surface area contributed by atoms with Crippen LogP contribution in [-0.2, 0) is 6.42 Å². The minimum absolute atomic E-state index is 0.554. The lowest BCUT2D eigenvalue weighted by Crippen LogP contribution is -2.40. The van der Waals surface area contributed by atoms with Crippen LogP contribution in [0.4, 0.5) is 0 Å². The molecule has 1 aliphatic heterocycles. The van der Waals surface area contributed by atoms with Gasteiger partial charge in [-0.05, 0) is 57.1 Å². The number of likely N-dealkylation sites (N-methyl/N-ethyl adjacent to an activating group) is 1. The molecule has 1 aromatic carbocycles. The minimum atomic E-state index is 0.554. The van der Waals surface area contributed by atoms with E-state index < -0.39 is 0 Å². The molecule has 1 aromatic heterocycles. The van der Waals surface area contributed by atoms with Gasteiger partial charge in [0.15, 0.2) is 5.96 Å². The van der Waals surface area contributed by atoms with Crippen LogP contribution in [0.25, 0.3) is 11.4 Å². The van der Waals surface area contributed by atoms with E-state index in [1.807, 2.05) is 24.3 Å². The molecule has 2 N–H and O–H groups in total. The molecule has 3 rings (SSSR count). The van der Waals surface area contributed by atoms with Crippen LogP contribution >= 0.6 is 11.6 Å². The Hall–Kier alpha value is -2.12. The molecule has 7 nitrogen and oxygen atoms in total. The molecule has 0 aliphatic carbocycles. The molecule has 0 bridgehead atoms. The van der Waals surface area contributed by atoms with E-state index in [9.17, 15) is 0 Å². The summed E-state index contributed by atoms with van der Waals surface area (Å²) < 4.78 is 5.36. The second-order valence-corrected chi connectivity index (χ2v) is 7.28. The maximum Gasteiger partial charge on any atom is 0.228 e. The zero-order valence-corrected chi connectivity index (χ0v) is 17.4. The Bertz CT molecular complexity index is 760. The highest BCUT2D eigenvalue weighted by Gasteiger charge is 2.22. The zero-order valence-electron chi connectivity index (χ0n) is 16.6. The second-order valence-electron chi connectivity index (χ2n) is 6.84. The fraction of sp³-hybridized carbons (Fsp3) is 0.550. The average Bonchev–Trinajstić information content (AvgIpc) is 3.36. The van der Waals surface area contributed by atoms with Crippen molar-refractivity contribution in [2.45, 2.75) is 39.2 Å². The van der Waals surface area contributed by atoms with E-state index in [1.54, 1.807) is 0 Å². The van der Waals surface area contributed by atoms with E-state index >= 15 is 0 Å². The largest absolute Gasteiger partial charge is 0.357 e. The summed E-state index contributed by atoms with van der Waals surface area (Å²) in [5, 5.41) is 11.4. The standard InChI is InChI=1S/C20H29ClN6O/c1-3-22-20(24-14-17-6-5-13-27(17)4-2)23-12-11-18-25-19(26-28-18)15-7-9-16(21)10-8-15/h7-10,17H,3-6,11-14H2,1-2H3,(H2,22,23,24). The molecule has 28 heavy (non-hydrogen) atoms. The van der Waals surface area contributed by atoms with Crippen LogP contribution in [0.2, 0.25) is 5.02 Å². The van der Waals surface area contributed by atoms with Crippen molar-refractivity contribution in [2.24, 2.45) is 4.99 Å². The Morgan fingerprint density at radius 2 is 2.11 bits per heavy atom. The summed E-state index contributed by atoms with van der Waals surface area (Å²) in [6.07, 6.45) is 3.13. The lowest BCUT2D eigenvalue weighted by atomic mass is 10.2. The molecule has 8 heteroatoms. The van der Waals surface area contributed by atoms with E-state index in [4.69, 9.17) is 21.1 Å². The number of guanidine groups is 1. The topological polar surface area (TPSA) is 78.6 Å². The van der Waals surface area contributed by atoms with Crippen molar-refractivity contribution in [1.82, 2.24) is 25.7 Å². The molecule has 1 unspecified atom stereocenters. The zero-order chi connectivity index (χ0) is 19.8. The van der Waals surface area contributed by atoms with Gasteiger partial charge in [0, 0.05) is 36.1 Å². The molecule has 0 saturated carbocycles. The molecule has 1 fully saturated rings. The van der Waals surface area contributed by atoms with Crippen molar-refractivity contribution < 1.29 is 4.52 Å². The van der Waals surface area contributed by atoms with E-state index in [0.29, 0.717) is 35.7 Å². The molecular weight excluding hydrogens is 376 g/mol. The number of halogens is 1. The lowest BCUT2D eigenvalue weighted by molar-refractivity contribution is 0.273. The monoisotopic (exact) mass is 404 g/mol. The molecule has 2 aromatic rings. The van der Waals surface area contributed by atoms with E-state index in [2.05, 4.69) is 39.5 Å². The summed E-state index contributed by atoms with van der Waals surface area (Å²) in [6, 6.07) is 7.95. The van der Waals surface area contributed by atoms with Gasteiger partial charge in [-0.25, -0.2) is 0 Å². The van der Waals surface area contributed by atoms with Crippen LogP contribution in [0.15, 0.2) is 33.8 Å². The Morgan fingerprint density at radius 3 is 2.86 bits per heavy atom. The molecule has 0 spiro atoms. The Balaban J connectivity index is 1.50. The Labute approximate surface area is 171 Å². The van der Waals surface area contributed by atoms with Crippen LogP contribution in [0.5, 0.6) is 0 Å². The average molecular weight is 405 g/mol. The van der Waals surface area contributed by atoms with Gasteiger partial charge in [-0.15, -0.1) is 0 Å². The van der Waals surface area contributed by atoms with Gasteiger partial charge in [-0.2, -0.15) is 4.98 Å². The van der Waals surface area contributed by atoms with Gasteiger partial charge < -0.3 is 15.2 Å². The number of aromatic nitrogens is 2. The fourth-order valence-electron chi connectivity index (χ4n) is 3.42. The third-order valence-corrected chi connectivity index (χ3v) is 5.16. The molecular formula is C20H29ClN6O. The highest BCUT2D eigenvalue weighted by molar-refractivity contribution is 6.30. The first kappa shape index (κ1) is 20.6. The summed E-state index contributed by atoms with van der Waals surface area (Å²) >= 11 is 5.92. The van der Waals surface area contributed by atoms with Gasteiger partial charge >= 0.3 is 0 Å². The van der Waals surface area contributed by atoms with Gasteiger partial charge in [0.2, 0.25) is 11.7 Å². The third kappa shape index (κ3) is 5.69. The van der Waals surface area contributed by atoms with Gasteiger partial charge in [-0.1, -0.05) is 23.7 Å². The van der Waals surface area contributed by atoms with Crippen molar-refractivity contribution in [3.8, 4) is 11.4 Å². The number of nitrogens with one attached hydrogen (secondary N) is 2. The lowest BCUT2D eigenvalue weighted by Gasteiger charge is -2.21. The van der Waals surface area contributed by atoms with Crippen molar-refractivity contribution in [3.05, 3.63) is 35.2 Å². The van der Waals surface area contributed by atoms with E-state index in [-0.39, 0.29) is 0 Å². The minimum Gasteiger partial charge on any atom is -0.357 e. The molecule has 152 valence electrons. The second kappa shape index (κ2) is 10.4. The molecule has 1 atom stereocenters. The molecule has 1 aliphatic rings. The van der Waals surface area contributed by atoms with Crippen molar-refractivity contribution >= 4 is 17.6 Å². The summed E-state index contributed by atoms with van der Waals surface area (Å²) in [5.41, 5.74) is 0.888. The molecule has 1 saturated heterocycles. The normalized spacial score (nSPS) is 17.8. The predicted molar refractivity (Wildman–Crippen MR) is 113 cm³/mol. The van der Waals surface area contributed by atoms with Crippen LogP contribution < -0.4 is 10.6 Å². The smallest absolute Gasteiger partial charge is 0.228 e. The van der Waals surface area contributed by atoms with Crippen LogP contribution in [0.3, 0.4) is 0 Å². The molecule has 0 radical (unpaired) electrons. The Morgan fingerprint density at radius 1 is 1.29 bits per heavy atom. The number of hydrogen-bond acceptors (Lipinski definition) is 5. The third-order valence-electron chi connectivity index (χ3n) is 4.91. The van der Waals surface area contributed by atoms with Crippen LogP contribution in [-0.4, -0.2) is 59.8 Å². The number of hydrogen-bond donors (Lipinski definition) is 2. The van der Waals surface area contributed by atoms with Crippen molar-refractivity contribution in [2.75, 3.05) is 32.7 Å². The number of benzene rings is 1.